The SMILES string of the molecule is COC1CCC(Nc2nc(N)ncc2C)C1. The standard InChI is InChI=1S/C11H18N4O/c1-7-6-13-11(12)15-10(7)14-8-3-4-9(5-8)16-2/h6,8-9H,3-5H2,1-2H3,(H3,12,13,14,15). The summed E-state index contributed by atoms with van der Waals surface area (Å²) in [4.78, 5) is 8.15. The van der Waals surface area contributed by atoms with Crippen LogP contribution in [0.2, 0.25) is 0 Å². The van der Waals surface area contributed by atoms with Crippen molar-refractivity contribution in [2.75, 3.05) is 18.2 Å². The van der Waals surface area contributed by atoms with Gasteiger partial charge in [0.1, 0.15) is 5.82 Å². The van der Waals surface area contributed by atoms with E-state index >= 15 is 0 Å². The largest absolute Gasteiger partial charge is 0.381 e. The first-order chi connectivity index (χ1) is 7.69. The molecule has 1 aromatic rings. The van der Waals surface area contributed by atoms with Gasteiger partial charge in [-0.1, -0.05) is 0 Å². The van der Waals surface area contributed by atoms with E-state index in [1.165, 1.54) is 0 Å². The molecule has 0 saturated heterocycles. The lowest BCUT2D eigenvalue weighted by molar-refractivity contribution is 0.108. The number of hydrogen-bond acceptors (Lipinski definition) is 5. The first-order valence-electron chi connectivity index (χ1n) is 5.57. The van der Waals surface area contributed by atoms with E-state index < -0.39 is 0 Å². The van der Waals surface area contributed by atoms with Crippen molar-refractivity contribution in [2.24, 2.45) is 0 Å². The average Bonchev–Trinajstić information content (AvgIpc) is 2.71. The van der Waals surface area contributed by atoms with Gasteiger partial charge < -0.3 is 15.8 Å². The van der Waals surface area contributed by atoms with Gasteiger partial charge >= 0.3 is 0 Å². The topological polar surface area (TPSA) is 73.1 Å². The molecule has 5 heteroatoms. The predicted molar refractivity (Wildman–Crippen MR) is 63.2 cm³/mol. The molecule has 0 radical (unpaired) electrons. The Bertz CT molecular complexity index is 369. The molecule has 16 heavy (non-hydrogen) atoms. The minimum absolute atomic E-state index is 0.314. The summed E-state index contributed by atoms with van der Waals surface area (Å²) in [6.07, 6.45) is 5.36. The van der Waals surface area contributed by atoms with E-state index in [4.69, 9.17) is 10.5 Å². The molecule has 1 fully saturated rings. The summed E-state index contributed by atoms with van der Waals surface area (Å²) in [5, 5.41) is 3.40. The van der Waals surface area contributed by atoms with Crippen molar-refractivity contribution in [3.05, 3.63) is 11.8 Å². The van der Waals surface area contributed by atoms with Gasteiger partial charge in [0.2, 0.25) is 5.95 Å². The predicted octanol–water partition coefficient (Wildman–Crippen LogP) is 1.35. The van der Waals surface area contributed by atoms with E-state index in [2.05, 4.69) is 15.3 Å². The molecule has 88 valence electrons. The van der Waals surface area contributed by atoms with Crippen LogP contribution >= 0.6 is 0 Å². The molecule has 3 N–H and O–H groups in total. The lowest BCUT2D eigenvalue weighted by Gasteiger charge is -2.15. The lowest BCUT2D eigenvalue weighted by Crippen LogP contribution is -2.19. The third-order valence-electron chi connectivity index (χ3n) is 3.05. The van der Waals surface area contributed by atoms with E-state index in [0.29, 0.717) is 18.1 Å². The second kappa shape index (κ2) is 4.65. The molecule has 1 saturated carbocycles. The van der Waals surface area contributed by atoms with Crippen LogP contribution in [0.3, 0.4) is 0 Å². The number of aromatic nitrogens is 2. The molecule has 2 atom stereocenters. The van der Waals surface area contributed by atoms with Gasteiger partial charge in [0, 0.05) is 24.9 Å². The van der Waals surface area contributed by atoms with Crippen LogP contribution in [-0.4, -0.2) is 29.2 Å². The molecule has 0 bridgehead atoms. The zero-order chi connectivity index (χ0) is 11.5. The molecule has 1 aromatic heterocycles. The Morgan fingerprint density at radius 1 is 1.50 bits per heavy atom. The molecule has 1 aliphatic carbocycles. The monoisotopic (exact) mass is 222 g/mol. The highest BCUT2D eigenvalue weighted by molar-refractivity contribution is 5.46. The van der Waals surface area contributed by atoms with Crippen molar-refractivity contribution in [3.8, 4) is 0 Å². The number of hydrogen-bond donors (Lipinski definition) is 2. The summed E-state index contributed by atoms with van der Waals surface area (Å²) in [5.74, 6) is 1.16. The van der Waals surface area contributed by atoms with E-state index in [9.17, 15) is 0 Å². The minimum Gasteiger partial charge on any atom is -0.381 e. The van der Waals surface area contributed by atoms with Crippen molar-refractivity contribution in [2.45, 2.75) is 38.3 Å². The van der Waals surface area contributed by atoms with Crippen molar-refractivity contribution in [1.29, 1.82) is 0 Å². The van der Waals surface area contributed by atoms with Crippen LogP contribution in [-0.2, 0) is 4.74 Å². The van der Waals surface area contributed by atoms with E-state index in [1.54, 1.807) is 13.3 Å². The molecule has 2 unspecified atom stereocenters. The van der Waals surface area contributed by atoms with Gasteiger partial charge in [0.05, 0.1) is 6.10 Å². The second-order valence-electron chi connectivity index (χ2n) is 4.27. The highest BCUT2D eigenvalue weighted by Gasteiger charge is 2.24. The highest BCUT2D eigenvalue weighted by atomic mass is 16.5. The van der Waals surface area contributed by atoms with Gasteiger partial charge in [-0.25, -0.2) is 4.98 Å². The van der Waals surface area contributed by atoms with Crippen LogP contribution in [0.15, 0.2) is 6.20 Å². The van der Waals surface area contributed by atoms with Crippen LogP contribution < -0.4 is 11.1 Å². The van der Waals surface area contributed by atoms with Gasteiger partial charge in [-0.3, -0.25) is 0 Å². The molecule has 0 spiro atoms. The number of nitrogens with two attached hydrogens (primary N) is 1. The third-order valence-corrected chi connectivity index (χ3v) is 3.05. The fourth-order valence-corrected chi connectivity index (χ4v) is 2.08. The number of nitrogens with one attached hydrogen (secondary N) is 1. The van der Waals surface area contributed by atoms with Crippen LogP contribution in [0.4, 0.5) is 11.8 Å². The lowest BCUT2D eigenvalue weighted by atomic mass is 10.2. The Hall–Kier alpha value is -1.36. The van der Waals surface area contributed by atoms with Crippen molar-refractivity contribution < 1.29 is 4.74 Å². The third kappa shape index (κ3) is 2.41. The molecular formula is C11H18N4O. The normalized spacial score (nSPS) is 24.6. The Morgan fingerprint density at radius 2 is 2.31 bits per heavy atom. The number of rotatable bonds is 3. The first kappa shape index (κ1) is 11.1. The van der Waals surface area contributed by atoms with E-state index in [-0.39, 0.29) is 0 Å². The first-order valence-corrected chi connectivity index (χ1v) is 5.57. The van der Waals surface area contributed by atoms with E-state index in [1.807, 2.05) is 6.92 Å². The van der Waals surface area contributed by atoms with Gasteiger partial charge in [-0.05, 0) is 26.2 Å². The number of aryl methyl sites for hydroxylation is 1. The molecule has 1 aliphatic rings. The van der Waals surface area contributed by atoms with Crippen LogP contribution in [0.5, 0.6) is 0 Å². The van der Waals surface area contributed by atoms with Crippen molar-refractivity contribution in [1.82, 2.24) is 9.97 Å². The molecule has 5 nitrogen and oxygen atoms in total. The van der Waals surface area contributed by atoms with Crippen LogP contribution in [0.25, 0.3) is 0 Å². The van der Waals surface area contributed by atoms with Crippen molar-refractivity contribution in [3.63, 3.8) is 0 Å². The smallest absolute Gasteiger partial charge is 0.221 e. The summed E-state index contributed by atoms with van der Waals surface area (Å²) in [7, 11) is 1.76. The van der Waals surface area contributed by atoms with Crippen LogP contribution in [0, 0.1) is 6.92 Å². The Morgan fingerprint density at radius 3 is 3.00 bits per heavy atom. The minimum atomic E-state index is 0.314. The molecule has 1 heterocycles. The molecule has 0 aliphatic heterocycles. The molecule has 0 amide bonds. The quantitative estimate of drug-likeness (QED) is 0.807. The zero-order valence-electron chi connectivity index (χ0n) is 9.73. The maximum Gasteiger partial charge on any atom is 0.221 e. The number of ether oxygens (including phenoxy) is 1. The summed E-state index contributed by atoms with van der Waals surface area (Å²) >= 11 is 0. The van der Waals surface area contributed by atoms with Crippen LogP contribution in [0.1, 0.15) is 24.8 Å². The van der Waals surface area contributed by atoms with Gasteiger partial charge in [-0.2, -0.15) is 4.98 Å². The number of anilines is 2. The highest BCUT2D eigenvalue weighted by Crippen LogP contribution is 2.25. The van der Waals surface area contributed by atoms with Gasteiger partial charge in [-0.15, -0.1) is 0 Å². The second-order valence-corrected chi connectivity index (χ2v) is 4.27. The van der Waals surface area contributed by atoms with Gasteiger partial charge in [0.15, 0.2) is 0 Å². The zero-order valence-corrected chi connectivity index (χ0v) is 9.73. The summed E-state index contributed by atoms with van der Waals surface area (Å²) in [6.45, 7) is 1.98. The molecule has 0 aromatic carbocycles. The molecule has 2 rings (SSSR count). The Labute approximate surface area is 95.4 Å². The fourth-order valence-electron chi connectivity index (χ4n) is 2.08. The summed E-state index contributed by atoms with van der Waals surface area (Å²) in [5.41, 5.74) is 6.59. The van der Waals surface area contributed by atoms with Gasteiger partial charge in [0.25, 0.3) is 0 Å². The molecular weight excluding hydrogens is 204 g/mol. The Kier molecular flexibility index (Phi) is 3.24. The fraction of sp³-hybridized carbons (Fsp3) is 0.636. The maximum atomic E-state index is 5.57. The number of methoxy groups -OCH3 is 1. The number of nitrogens with zero attached hydrogens (tertiary/aromatic N) is 2. The Balaban J connectivity index is 2.01. The number of nitrogen functional groups attached to an aromatic ring is 1. The summed E-state index contributed by atoms with van der Waals surface area (Å²) < 4.78 is 5.34. The van der Waals surface area contributed by atoms with Crippen molar-refractivity contribution >= 4 is 11.8 Å². The van der Waals surface area contributed by atoms with E-state index in [0.717, 1.165) is 30.6 Å². The average molecular weight is 222 g/mol. The summed E-state index contributed by atoms with van der Waals surface area (Å²) in [6, 6.07) is 0.429. The maximum absolute atomic E-state index is 5.57.